The van der Waals surface area contributed by atoms with E-state index in [9.17, 15) is 9.59 Å². The summed E-state index contributed by atoms with van der Waals surface area (Å²) in [6, 6.07) is 3.40. The summed E-state index contributed by atoms with van der Waals surface area (Å²) in [4.78, 5) is 28.5. The second-order valence-electron chi connectivity index (χ2n) is 6.47. The van der Waals surface area contributed by atoms with Gasteiger partial charge in [-0.25, -0.2) is 0 Å². The molecule has 0 unspecified atom stereocenters. The molecule has 6 heteroatoms. The van der Waals surface area contributed by atoms with E-state index in [4.69, 9.17) is 4.42 Å². The molecule has 0 bridgehead atoms. The fourth-order valence-electron chi connectivity index (χ4n) is 3.72. The van der Waals surface area contributed by atoms with Crippen LogP contribution in [0.3, 0.4) is 0 Å². The van der Waals surface area contributed by atoms with Crippen molar-refractivity contribution in [3.8, 4) is 0 Å². The molecule has 2 fully saturated rings. The van der Waals surface area contributed by atoms with Gasteiger partial charge in [0, 0.05) is 32.0 Å². The van der Waals surface area contributed by atoms with Crippen molar-refractivity contribution in [2.45, 2.75) is 51.4 Å². The van der Waals surface area contributed by atoms with Gasteiger partial charge in [-0.3, -0.25) is 14.9 Å². The second kappa shape index (κ2) is 5.43. The number of rotatable bonds is 2. The van der Waals surface area contributed by atoms with Gasteiger partial charge in [-0.15, -0.1) is 0 Å². The normalized spacial score (nSPS) is 24.5. The lowest BCUT2D eigenvalue weighted by atomic mass is 9.94. The fraction of sp³-hybridized carbons (Fsp3) is 0.625. The molecule has 3 heterocycles. The molecule has 2 aliphatic heterocycles. The average molecular weight is 305 g/mol. The molecule has 2 saturated heterocycles. The summed E-state index contributed by atoms with van der Waals surface area (Å²) in [6.45, 7) is 7.23. The first-order valence-electron chi connectivity index (χ1n) is 7.88. The first-order valence-corrected chi connectivity index (χ1v) is 7.88. The highest BCUT2D eigenvalue weighted by atomic mass is 16.3. The number of likely N-dealkylation sites (tertiary alicyclic amines) is 1. The lowest BCUT2D eigenvalue weighted by Crippen LogP contribution is -2.61. The van der Waals surface area contributed by atoms with Crippen molar-refractivity contribution >= 4 is 11.8 Å². The van der Waals surface area contributed by atoms with Crippen LogP contribution >= 0.6 is 0 Å². The number of hydrogen-bond acceptors (Lipinski definition) is 4. The molecule has 0 aliphatic carbocycles. The Bertz CT molecular complexity index is 559. The molecule has 2 amide bonds. The molecule has 3 rings (SSSR count). The van der Waals surface area contributed by atoms with Crippen LogP contribution in [0.2, 0.25) is 0 Å². The summed E-state index contributed by atoms with van der Waals surface area (Å²) < 4.78 is 5.19. The third-order valence-corrected chi connectivity index (χ3v) is 4.68. The number of carbonyl (C=O) groups excluding carboxylic acids is 2. The van der Waals surface area contributed by atoms with Crippen LogP contribution < -0.4 is 5.32 Å². The summed E-state index contributed by atoms with van der Waals surface area (Å²) >= 11 is 0. The molecule has 0 aromatic carbocycles. The van der Waals surface area contributed by atoms with Crippen molar-refractivity contribution in [1.82, 2.24) is 15.1 Å². The molecule has 22 heavy (non-hydrogen) atoms. The molecular formula is C16H23N3O3. The quantitative estimate of drug-likeness (QED) is 0.898. The summed E-state index contributed by atoms with van der Waals surface area (Å²) in [6.07, 6.45) is 3.00. The van der Waals surface area contributed by atoms with Crippen LogP contribution in [0.15, 0.2) is 22.8 Å². The monoisotopic (exact) mass is 305 g/mol. The number of nitrogens with zero attached hydrogens (tertiary/aromatic N) is 2. The van der Waals surface area contributed by atoms with E-state index in [1.54, 1.807) is 17.0 Å². The van der Waals surface area contributed by atoms with Gasteiger partial charge in [0.15, 0.2) is 5.76 Å². The SMILES string of the molecule is CC(C)N1C(=O)[C@H](C)NC12CCN(C(=O)c1ccco1)CC2. The van der Waals surface area contributed by atoms with E-state index in [0.29, 0.717) is 18.8 Å². The standard InChI is InChI=1S/C16H23N3O3/c1-11(2)19-14(20)12(3)17-16(19)6-8-18(9-7-16)15(21)13-5-4-10-22-13/h4-5,10-12,17H,6-9H2,1-3H3/t12-/m0/s1. The number of amides is 2. The first kappa shape index (κ1) is 15.1. The van der Waals surface area contributed by atoms with Crippen LogP contribution in [0.25, 0.3) is 0 Å². The summed E-state index contributed by atoms with van der Waals surface area (Å²) in [5.41, 5.74) is -0.315. The highest BCUT2D eigenvalue weighted by molar-refractivity contribution is 5.91. The van der Waals surface area contributed by atoms with Gasteiger partial charge >= 0.3 is 0 Å². The molecule has 1 atom stereocenters. The first-order chi connectivity index (χ1) is 10.4. The van der Waals surface area contributed by atoms with Gasteiger partial charge in [0.1, 0.15) is 0 Å². The highest BCUT2D eigenvalue weighted by Gasteiger charge is 2.51. The Morgan fingerprint density at radius 1 is 1.41 bits per heavy atom. The van der Waals surface area contributed by atoms with Crippen molar-refractivity contribution in [2.75, 3.05) is 13.1 Å². The predicted octanol–water partition coefficient (Wildman–Crippen LogP) is 1.44. The van der Waals surface area contributed by atoms with Crippen LogP contribution in [-0.4, -0.2) is 52.5 Å². The smallest absolute Gasteiger partial charge is 0.289 e. The Morgan fingerprint density at radius 3 is 2.64 bits per heavy atom. The Balaban J connectivity index is 1.73. The third kappa shape index (κ3) is 2.31. The van der Waals surface area contributed by atoms with Gasteiger partial charge in [0.25, 0.3) is 5.91 Å². The van der Waals surface area contributed by atoms with E-state index in [2.05, 4.69) is 5.32 Å². The fourth-order valence-corrected chi connectivity index (χ4v) is 3.72. The third-order valence-electron chi connectivity index (χ3n) is 4.68. The molecule has 1 aromatic heterocycles. The summed E-state index contributed by atoms with van der Waals surface area (Å²) in [5.74, 6) is 0.453. The Labute approximate surface area is 130 Å². The van der Waals surface area contributed by atoms with E-state index < -0.39 is 0 Å². The van der Waals surface area contributed by atoms with Crippen LogP contribution in [0.5, 0.6) is 0 Å². The maximum Gasteiger partial charge on any atom is 0.289 e. The largest absolute Gasteiger partial charge is 0.459 e. The summed E-state index contributed by atoms with van der Waals surface area (Å²) in [7, 11) is 0. The number of nitrogens with one attached hydrogen (secondary N) is 1. The predicted molar refractivity (Wildman–Crippen MR) is 81.2 cm³/mol. The Morgan fingerprint density at radius 2 is 2.09 bits per heavy atom. The molecule has 1 spiro atoms. The van der Waals surface area contributed by atoms with Gasteiger partial charge < -0.3 is 14.2 Å². The van der Waals surface area contributed by atoms with Gasteiger partial charge in [-0.05, 0) is 32.9 Å². The zero-order valence-electron chi connectivity index (χ0n) is 13.3. The minimum Gasteiger partial charge on any atom is -0.459 e. The molecule has 0 saturated carbocycles. The topological polar surface area (TPSA) is 65.8 Å². The van der Waals surface area contributed by atoms with Crippen molar-refractivity contribution in [2.24, 2.45) is 0 Å². The summed E-state index contributed by atoms with van der Waals surface area (Å²) in [5, 5.41) is 3.46. The average Bonchev–Trinajstić information content (AvgIpc) is 3.07. The minimum absolute atomic E-state index is 0.0756. The number of hydrogen-bond donors (Lipinski definition) is 1. The van der Waals surface area contributed by atoms with E-state index in [1.165, 1.54) is 6.26 Å². The maximum absolute atomic E-state index is 12.4. The van der Waals surface area contributed by atoms with Crippen molar-refractivity contribution in [3.05, 3.63) is 24.2 Å². The number of furan rings is 1. The zero-order chi connectivity index (χ0) is 15.9. The van der Waals surface area contributed by atoms with E-state index in [-0.39, 0.29) is 29.6 Å². The lowest BCUT2D eigenvalue weighted by molar-refractivity contribution is -0.135. The molecule has 1 N–H and O–H groups in total. The van der Waals surface area contributed by atoms with E-state index in [1.807, 2.05) is 25.7 Å². The lowest BCUT2D eigenvalue weighted by Gasteiger charge is -2.46. The highest BCUT2D eigenvalue weighted by Crippen LogP contribution is 2.34. The van der Waals surface area contributed by atoms with E-state index in [0.717, 1.165) is 12.8 Å². The van der Waals surface area contributed by atoms with Crippen molar-refractivity contribution in [3.63, 3.8) is 0 Å². The van der Waals surface area contributed by atoms with Crippen molar-refractivity contribution in [1.29, 1.82) is 0 Å². The van der Waals surface area contributed by atoms with Gasteiger partial charge in [0.05, 0.1) is 18.0 Å². The number of carbonyl (C=O) groups is 2. The molecule has 2 aliphatic rings. The van der Waals surface area contributed by atoms with Gasteiger partial charge in [0.2, 0.25) is 5.91 Å². The van der Waals surface area contributed by atoms with Gasteiger partial charge in [-0.2, -0.15) is 0 Å². The second-order valence-corrected chi connectivity index (χ2v) is 6.47. The number of piperidine rings is 1. The Kier molecular flexibility index (Phi) is 3.72. The van der Waals surface area contributed by atoms with Crippen LogP contribution in [0.4, 0.5) is 0 Å². The molecule has 120 valence electrons. The van der Waals surface area contributed by atoms with Crippen LogP contribution in [0.1, 0.15) is 44.2 Å². The molecule has 0 radical (unpaired) electrons. The molecule has 6 nitrogen and oxygen atoms in total. The molecule has 1 aromatic rings. The van der Waals surface area contributed by atoms with Crippen LogP contribution in [-0.2, 0) is 4.79 Å². The van der Waals surface area contributed by atoms with Crippen molar-refractivity contribution < 1.29 is 14.0 Å². The van der Waals surface area contributed by atoms with E-state index >= 15 is 0 Å². The maximum atomic E-state index is 12.4. The molecular weight excluding hydrogens is 282 g/mol. The van der Waals surface area contributed by atoms with Gasteiger partial charge in [-0.1, -0.05) is 0 Å². The van der Waals surface area contributed by atoms with Crippen LogP contribution in [0, 0.1) is 0 Å². The Hall–Kier alpha value is -1.82. The zero-order valence-corrected chi connectivity index (χ0v) is 13.3. The minimum atomic E-state index is -0.315.